The largest absolute Gasteiger partial charge is 0.305 e. The van der Waals surface area contributed by atoms with E-state index in [1.165, 1.54) is 10.4 Å². The number of benzene rings is 1. The Morgan fingerprint density at radius 2 is 2.05 bits per heavy atom. The lowest BCUT2D eigenvalue weighted by Crippen LogP contribution is -2.56. The van der Waals surface area contributed by atoms with Gasteiger partial charge < -0.3 is 5.32 Å². The zero-order chi connectivity index (χ0) is 13.1. The van der Waals surface area contributed by atoms with Gasteiger partial charge >= 0.3 is 0 Å². The highest BCUT2D eigenvalue weighted by molar-refractivity contribution is 7.09. The molecule has 1 fully saturated rings. The molecular weight excluding hydrogens is 252 g/mol. The summed E-state index contributed by atoms with van der Waals surface area (Å²) in [7, 11) is 0. The number of rotatable bonds is 3. The third-order valence-corrected chi connectivity index (χ3v) is 4.71. The molecule has 0 spiro atoms. The fraction of sp³-hybridized carbons (Fsp3) is 0.375. The number of hydrogen-bond acceptors (Lipinski definition) is 3. The van der Waals surface area contributed by atoms with E-state index in [1.807, 2.05) is 11.3 Å². The van der Waals surface area contributed by atoms with Gasteiger partial charge in [0.15, 0.2) is 0 Å². The van der Waals surface area contributed by atoms with Gasteiger partial charge in [0.1, 0.15) is 0 Å². The van der Waals surface area contributed by atoms with Gasteiger partial charge in [0.05, 0.1) is 5.54 Å². The molecule has 1 aliphatic heterocycles. The van der Waals surface area contributed by atoms with Gasteiger partial charge in [-0.25, -0.2) is 0 Å². The predicted octanol–water partition coefficient (Wildman–Crippen LogP) is 3.07. The van der Waals surface area contributed by atoms with Crippen molar-refractivity contribution in [3.8, 4) is 0 Å². The third-order valence-electron chi connectivity index (χ3n) is 3.85. The summed E-state index contributed by atoms with van der Waals surface area (Å²) in [6, 6.07) is 15.1. The summed E-state index contributed by atoms with van der Waals surface area (Å²) in [5.41, 5.74) is 1.45. The van der Waals surface area contributed by atoms with Crippen LogP contribution in [0.2, 0.25) is 0 Å². The normalized spacial score (nSPS) is 24.5. The Hall–Kier alpha value is -1.16. The zero-order valence-electron chi connectivity index (χ0n) is 11.3. The number of nitrogens with one attached hydrogen (secondary N) is 1. The summed E-state index contributed by atoms with van der Waals surface area (Å²) in [5, 5.41) is 5.84. The lowest BCUT2D eigenvalue weighted by atomic mass is 9.89. The van der Waals surface area contributed by atoms with Crippen molar-refractivity contribution in [2.75, 3.05) is 19.6 Å². The highest BCUT2D eigenvalue weighted by Crippen LogP contribution is 2.25. The van der Waals surface area contributed by atoms with Crippen molar-refractivity contribution < 1.29 is 0 Å². The maximum Gasteiger partial charge on any atom is 0.0535 e. The van der Waals surface area contributed by atoms with Crippen molar-refractivity contribution in [1.82, 2.24) is 10.2 Å². The maximum atomic E-state index is 3.68. The third kappa shape index (κ3) is 2.89. The fourth-order valence-corrected chi connectivity index (χ4v) is 3.58. The second-order valence-electron chi connectivity index (χ2n) is 5.41. The first-order chi connectivity index (χ1) is 9.26. The van der Waals surface area contributed by atoms with Gasteiger partial charge in [-0.1, -0.05) is 36.4 Å². The fourth-order valence-electron chi connectivity index (χ4n) is 2.83. The molecule has 1 aromatic carbocycles. The lowest BCUT2D eigenvalue weighted by molar-refractivity contribution is 0.137. The number of piperazine rings is 1. The second kappa shape index (κ2) is 5.45. The second-order valence-corrected chi connectivity index (χ2v) is 6.45. The molecule has 0 radical (unpaired) electrons. The van der Waals surface area contributed by atoms with E-state index in [2.05, 4.69) is 65.0 Å². The van der Waals surface area contributed by atoms with Gasteiger partial charge in [-0.3, -0.25) is 4.90 Å². The minimum absolute atomic E-state index is 0.0662. The minimum atomic E-state index is 0.0662. The van der Waals surface area contributed by atoms with E-state index in [-0.39, 0.29) is 5.54 Å². The van der Waals surface area contributed by atoms with Crippen LogP contribution in [-0.4, -0.2) is 24.5 Å². The summed E-state index contributed by atoms with van der Waals surface area (Å²) in [5.74, 6) is 0. The van der Waals surface area contributed by atoms with Crippen LogP contribution in [0.5, 0.6) is 0 Å². The standard InChI is InChI=1S/C16H20N2S/c1-16(14-6-3-2-4-7-14)13-18(10-9-17-16)12-15-8-5-11-19-15/h2-8,11,17H,9-10,12-13H2,1H3. The van der Waals surface area contributed by atoms with Crippen molar-refractivity contribution >= 4 is 11.3 Å². The van der Waals surface area contributed by atoms with E-state index in [9.17, 15) is 0 Å². The monoisotopic (exact) mass is 272 g/mol. The van der Waals surface area contributed by atoms with Crippen LogP contribution in [0.25, 0.3) is 0 Å². The van der Waals surface area contributed by atoms with Crippen molar-refractivity contribution in [3.63, 3.8) is 0 Å². The van der Waals surface area contributed by atoms with E-state index in [4.69, 9.17) is 0 Å². The SMILES string of the molecule is CC1(c2ccccc2)CN(Cc2cccs2)CCN1. The van der Waals surface area contributed by atoms with Crippen LogP contribution >= 0.6 is 11.3 Å². The first-order valence-corrected chi connectivity index (χ1v) is 7.69. The molecule has 3 rings (SSSR count). The molecule has 0 amide bonds. The molecule has 1 unspecified atom stereocenters. The highest BCUT2D eigenvalue weighted by Gasteiger charge is 2.31. The smallest absolute Gasteiger partial charge is 0.0535 e. The highest BCUT2D eigenvalue weighted by atomic mass is 32.1. The molecule has 3 heteroatoms. The summed E-state index contributed by atoms with van der Waals surface area (Å²) >= 11 is 1.85. The molecule has 1 aliphatic rings. The molecule has 0 aliphatic carbocycles. The molecule has 2 nitrogen and oxygen atoms in total. The van der Waals surface area contributed by atoms with Crippen molar-refractivity contribution in [2.45, 2.75) is 19.0 Å². The lowest BCUT2D eigenvalue weighted by Gasteiger charge is -2.41. The number of hydrogen-bond donors (Lipinski definition) is 1. The molecule has 0 bridgehead atoms. The number of thiophene rings is 1. The maximum absolute atomic E-state index is 3.68. The molecule has 1 N–H and O–H groups in total. The van der Waals surface area contributed by atoms with E-state index in [0.29, 0.717) is 0 Å². The van der Waals surface area contributed by atoms with Crippen LogP contribution in [0, 0.1) is 0 Å². The predicted molar refractivity (Wildman–Crippen MR) is 81.4 cm³/mol. The first kappa shape index (κ1) is 12.9. The van der Waals surface area contributed by atoms with E-state index >= 15 is 0 Å². The van der Waals surface area contributed by atoms with Gasteiger partial charge in [0.25, 0.3) is 0 Å². The summed E-state index contributed by atoms with van der Waals surface area (Å²) in [4.78, 5) is 4.01. The minimum Gasteiger partial charge on any atom is -0.305 e. The molecular formula is C16H20N2S. The zero-order valence-corrected chi connectivity index (χ0v) is 12.1. The average molecular weight is 272 g/mol. The van der Waals surface area contributed by atoms with Crippen LogP contribution < -0.4 is 5.32 Å². The van der Waals surface area contributed by atoms with Crippen LogP contribution in [0.3, 0.4) is 0 Å². The van der Waals surface area contributed by atoms with Crippen molar-refractivity contribution in [1.29, 1.82) is 0 Å². The Morgan fingerprint density at radius 3 is 2.79 bits per heavy atom. The van der Waals surface area contributed by atoms with Gasteiger partial charge in [-0.05, 0) is 23.9 Å². The van der Waals surface area contributed by atoms with Gasteiger partial charge in [0.2, 0.25) is 0 Å². The summed E-state index contributed by atoms with van der Waals surface area (Å²) < 4.78 is 0. The van der Waals surface area contributed by atoms with Crippen molar-refractivity contribution in [3.05, 3.63) is 58.3 Å². The number of nitrogens with zero attached hydrogens (tertiary/aromatic N) is 1. The Balaban J connectivity index is 1.74. The van der Waals surface area contributed by atoms with Crippen LogP contribution in [-0.2, 0) is 12.1 Å². The topological polar surface area (TPSA) is 15.3 Å². The first-order valence-electron chi connectivity index (χ1n) is 6.82. The quantitative estimate of drug-likeness (QED) is 0.924. The summed E-state index contributed by atoms with van der Waals surface area (Å²) in [6.45, 7) is 6.62. The average Bonchev–Trinajstić information content (AvgIpc) is 2.93. The Labute approximate surface area is 119 Å². The van der Waals surface area contributed by atoms with Crippen molar-refractivity contribution in [2.24, 2.45) is 0 Å². The molecule has 19 heavy (non-hydrogen) atoms. The Morgan fingerprint density at radius 1 is 1.21 bits per heavy atom. The van der Waals surface area contributed by atoms with Gasteiger partial charge in [-0.15, -0.1) is 11.3 Å². The van der Waals surface area contributed by atoms with Crippen LogP contribution in [0.4, 0.5) is 0 Å². The molecule has 0 saturated carbocycles. The van der Waals surface area contributed by atoms with Gasteiger partial charge in [0, 0.05) is 31.1 Å². The Kier molecular flexibility index (Phi) is 3.69. The molecule has 2 aromatic rings. The van der Waals surface area contributed by atoms with E-state index in [1.54, 1.807) is 0 Å². The van der Waals surface area contributed by atoms with E-state index < -0.39 is 0 Å². The van der Waals surface area contributed by atoms with Crippen LogP contribution in [0.15, 0.2) is 47.8 Å². The molecule has 2 heterocycles. The van der Waals surface area contributed by atoms with Crippen LogP contribution in [0.1, 0.15) is 17.4 Å². The van der Waals surface area contributed by atoms with Gasteiger partial charge in [-0.2, -0.15) is 0 Å². The molecule has 1 aromatic heterocycles. The Bertz CT molecular complexity index is 509. The summed E-state index contributed by atoms with van der Waals surface area (Å²) in [6.07, 6.45) is 0. The van der Waals surface area contributed by atoms with E-state index in [0.717, 1.165) is 26.2 Å². The molecule has 100 valence electrons. The molecule has 1 saturated heterocycles. The molecule has 1 atom stereocenters.